The van der Waals surface area contributed by atoms with E-state index in [4.69, 9.17) is 14.3 Å². The van der Waals surface area contributed by atoms with Crippen LogP contribution >= 0.6 is 0 Å². The van der Waals surface area contributed by atoms with Crippen molar-refractivity contribution in [1.29, 1.82) is 0 Å². The quantitative estimate of drug-likeness (QED) is 0.353. The number of hydrogen-bond acceptors (Lipinski definition) is 18. The van der Waals surface area contributed by atoms with Gasteiger partial charge in [0.1, 0.15) is 0 Å². The minimum absolute atomic E-state index is 0.0618. The zero-order chi connectivity index (χ0) is 48.2. The van der Waals surface area contributed by atoms with Gasteiger partial charge in [0.05, 0.1) is 26.4 Å². The number of nitrogens with one attached hydrogen (secondary N) is 1. The van der Waals surface area contributed by atoms with E-state index in [9.17, 15) is 38.4 Å². The Balaban J connectivity index is 0.000000158. The van der Waals surface area contributed by atoms with Crippen LogP contribution in [-0.2, 0) is 65.8 Å². The zero-order valence-electron chi connectivity index (χ0n) is 38.8. The van der Waals surface area contributed by atoms with Gasteiger partial charge in [-0.2, -0.15) is 4.79 Å². The molecule has 68 heavy (non-hydrogen) atoms. The number of rotatable bonds is 9. The third-order valence-electron chi connectivity index (χ3n) is 12.3. The average molecular weight is 948 g/mol. The Kier molecular flexibility index (Phi) is 17.3. The second-order valence-electron chi connectivity index (χ2n) is 17.3. The number of imide groups is 3. The highest BCUT2D eigenvalue weighted by molar-refractivity contribution is 6.03. The first-order valence-electron chi connectivity index (χ1n) is 23.3. The van der Waals surface area contributed by atoms with Crippen molar-refractivity contribution in [2.45, 2.75) is 65.5 Å². The molecule has 7 amide bonds. The maximum atomic E-state index is 12.3. The van der Waals surface area contributed by atoms with Gasteiger partial charge in [-0.1, -0.05) is 45.5 Å². The summed E-state index contributed by atoms with van der Waals surface area (Å²) in [5.41, 5.74) is 7.97. The van der Waals surface area contributed by atoms with Crippen molar-refractivity contribution in [2.75, 3.05) is 115 Å². The number of piperazine rings is 2. The smallest absolute Gasteiger partial charge is 0.378 e. The van der Waals surface area contributed by atoms with Crippen molar-refractivity contribution < 1.29 is 62.3 Å². The molecule has 1 N–H and O–H groups in total. The number of amides is 7. The third kappa shape index (κ3) is 13.3. The van der Waals surface area contributed by atoms with E-state index >= 15 is 0 Å². The normalized spacial score (nSPS) is 20.6. The zero-order valence-corrected chi connectivity index (χ0v) is 38.8. The van der Waals surface area contributed by atoms with Crippen molar-refractivity contribution in [1.82, 2.24) is 35.2 Å². The van der Waals surface area contributed by atoms with Gasteiger partial charge in [-0.3, -0.25) is 48.2 Å². The molecule has 0 radical (unpaired) electrons. The molecule has 368 valence electrons. The molecule has 0 atom stereocenters. The molecule has 2 aromatic carbocycles. The number of hydrogen-bond donors (Lipinski definition) is 1. The predicted molar refractivity (Wildman–Crippen MR) is 241 cm³/mol. The minimum Gasteiger partial charge on any atom is -0.378 e. The first-order valence-corrected chi connectivity index (χ1v) is 23.3. The Morgan fingerprint density at radius 1 is 0.500 bits per heavy atom. The SMILES string of the molecule is Cc1ccc(N2CCOCC2)c(CN2CCN(C(=O)ON3C(=O)CCC3=O)CC2)c1.Cc1ccc(N2CCOCC2)c(CN2CCNCC2)c1.O=C(ON1C(=O)CCC1=O)ON1C(=O)CCC1=O. The lowest BCUT2D eigenvalue weighted by Gasteiger charge is -2.36. The number of ether oxygens (including phenoxy) is 2. The predicted octanol–water partition coefficient (Wildman–Crippen LogP) is 1.65. The molecule has 22 heteroatoms. The van der Waals surface area contributed by atoms with Crippen LogP contribution in [0.25, 0.3) is 0 Å². The van der Waals surface area contributed by atoms with E-state index in [-0.39, 0.29) is 48.7 Å². The van der Waals surface area contributed by atoms with Crippen LogP contribution in [0.15, 0.2) is 36.4 Å². The summed E-state index contributed by atoms with van der Waals surface area (Å²) in [6.45, 7) is 20.1. The summed E-state index contributed by atoms with van der Waals surface area (Å²) in [5.74, 6) is -3.65. The fourth-order valence-electron chi connectivity index (χ4n) is 8.62. The maximum Gasteiger partial charge on any atom is 0.560 e. The Bertz CT molecular complexity index is 2100. The molecule has 7 saturated heterocycles. The van der Waals surface area contributed by atoms with Crippen molar-refractivity contribution >= 4 is 59.1 Å². The molecule has 0 saturated carbocycles. The number of anilines is 2. The number of carbonyl (C=O) groups excluding carboxylic acids is 8. The molecule has 0 aliphatic carbocycles. The monoisotopic (exact) mass is 947 g/mol. The first kappa shape index (κ1) is 49.7. The number of aryl methyl sites for hydroxylation is 2. The summed E-state index contributed by atoms with van der Waals surface area (Å²) in [6, 6.07) is 13.4. The van der Waals surface area contributed by atoms with E-state index in [0.29, 0.717) is 31.2 Å². The molecule has 0 bridgehead atoms. The summed E-state index contributed by atoms with van der Waals surface area (Å²) in [6.07, 6.45) is -2.17. The van der Waals surface area contributed by atoms with Crippen LogP contribution < -0.4 is 15.1 Å². The van der Waals surface area contributed by atoms with E-state index in [1.165, 1.54) is 33.6 Å². The molecule has 7 aliphatic rings. The van der Waals surface area contributed by atoms with E-state index in [1.807, 2.05) is 0 Å². The molecular formula is C46H61N9O13. The van der Waals surface area contributed by atoms with Gasteiger partial charge in [0, 0.05) is 142 Å². The number of hydroxylamine groups is 6. The summed E-state index contributed by atoms with van der Waals surface area (Å²) in [4.78, 5) is 116. The largest absolute Gasteiger partial charge is 0.560 e. The van der Waals surface area contributed by atoms with Gasteiger partial charge in [0.2, 0.25) is 0 Å². The van der Waals surface area contributed by atoms with Gasteiger partial charge >= 0.3 is 12.2 Å². The van der Waals surface area contributed by atoms with Crippen LogP contribution in [-0.4, -0.2) is 183 Å². The van der Waals surface area contributed by atoms with E-state index in [0.717, 1.165) is 91.9 Å². The highest BCUT2D eigenvalue weighted by Gasteiger charge is 2.38. The number of morpholine rings is 2. The van der Waals surface area contributed by atoms with Gasteiger partial charge in [0.25, 0.3) is 35.4 Å². The number of benzene rings is 2. The van der Waals surface area contributed by atoms with E-state index in [2.05, 4.69) is 84.8 Å². The Morgan fingerprint density at radius 3 is 1.26 bits per heavy atom. The standard InChI is InChI=1S/C21H28N4O5.C16H25N3O.C9H8N2O7/c1-16-2-3-18(23-10-12-29-13-11-23)17(14-16)15-22-6-8-24(9-7-22)21(28)30-25-19(26)4-5-20(25)27;1-14-2-3-16(19-8-10-20-11-9-19)15(12-14)13-18-6-4-17-5-7-18;12-5-1-2-6(13)10(5)17-9(16)18-11-7(14)3-4-8(11)15/h2-3,14H,4-13,15H2,1H3;2-3,12,17H,4-11,13H2,1H3;1-4H2. The summed E-state index contributed by atoms with van der Waals surface area (Å²) < 4.78 is 11.0. The molecule has 7 heterocycles. The fourth-order valence-corrected chi connectivity index (χ4v) is 8.62. The van der Waals surface area contributed by atoms with Gasteiger partial charge in [-0.25, -0.2) is 4.79 Å². The van der Waals surface area contributed by atoms with E-state index in [1.54, 1.807) is 4.90 Å². The average Bonchev–Trinajstić information content (AvgIpc) is 3.96. The molecule has 0 unspecified atom stereocenters. The number of nitrogens with zero attached hydrogens (tertiary/aromatic N) is 8. The van der Waals surface area contributed by atoms with Gasteiger partial charge in [-0.15, -0.1) is 5.06 Å². The van der Waals surface area contributed by atoms with Gasteiger partial charge < -0.3 is 34.3 Å². The second-order valence-corrected chi connectivity index (χ2v) is 17.3. The molecule has 7 aliphatic heterocycles. The molecule has 22 nitrogen and oxygen atoms in total. The van der Waals surface area contributed by atoms with Crippen LogP contribution in [0.3, 0.4) is 0 Å². The van der Waals surface area contributed by atoms with Gasteiger partial charge in [0.15, 0.2) is 0 Å². The van der Waals surface area contributed by atoms with Crippen molar-refractivity contribution in [2.24, 2.45) is 0 Å². The van der Waals surface area contributed by atoms with E-state index < -0.39 is 47.7 Å². The minimum atomic E-state index is -1.48. The lowest BCUT2D eigenvalue weighted by atomic mass is 10.1. The summed E-state index contributed by atoms with van der Waals surface area (Å²) in [7, 11) is 0. The van der Waals surface area contributed by atoms with Crippen LogP contribution in [0.5, 0.6) is 0 Å². The topological polar surface area (TPSA) is 221 Å². The Hall–Kier alpha value is -6.20. The molecule has 2 aromatic rings. The summed E-state index contributed by atoms with van der Waals surface area (Å²) in [5, 5.41) is 4.54. The van der Waals surface area contributed by atoms with Gasteiger partial charge in [-0.05, 0) is 37.1 Å². The van der Waals surface area contributed by atoms with Crippen molar-refractivity contribution in [3.8, 4) is 0 Å². The van der Waals surface area contributed by atoms with Crippen LogP contribution in [0, 0.1) is 13.8 Å². The van der Waals surface area contributed by atoms with Crippen LogP contribution in [0.2, 0.25) is 0 Å². The fraction of sp³-hybridized carbons (Fsp3) is 0.565. The molecular weight excluding hydrogens is 887 g/mol. The highest BCUT2D eigenvalue weighted by atomic mass is 16.9. The molecule has 0 spiro atoms. The lowest BCUT2D eigenvalue weighted by molar-refractivity contribution is -0.198. The Morgan fingerprint density at radius 2 is 0.868 bits per heavy atom. The van der Waals surface area contributed by atoms with Crippen molar-refractivity contribution in [3.05, 3.63) is 58.7 Å². The maximum absolute atomic E-state index is 12.3. The third-order valence-corrected chi connectivity index (χ3v) is 12.3. The van der Waals surface area contributed by atoms with Crippen LogP contribution in [0.4, 0.5) is 21.0 Å². The lowest BCUT2D eigenvalue weighted by Crippen LogP contribution is -2.50. The number of carbonyl (C=O) groups is 8. The van der Waals surface area contributed by atoms with Crippen LogP contribution in [0.1, 0.15) is 60.8 Å². The molecule has 0 aromatic heterocycles. The molecule has 7 fully saturated rings. The first-order chi connectivity index (χ1) is 32.8. The Labute approximate surface area is 394 Å². The van der Waals surface area contributed by atoms with Crippen molar-refractivity contribution in [3.63, 3.8) is 0 Å². The second kappa shape index (κ2) is 23.7. The summed E-state index contributed by atoms with van der Waals surface area (Å²) >= 11 is 0. The highest BCUT2D eigenvalue weighted by Crippen LogP contribution is 2.27. The molecule has 9 rings (SSSR count).